The number of aromatic amines is 1. The standard InChI is InChI=1S/C27H31N7O3/c1-17-14-19-16-21(26(35)28-22(19)15-18(17)2)24(25-29-30-31-34(25)20-6-3-4-7-20)32-9-11-33(12-10-32)27(36)23-8-5-13-37-23/h5,8,13-16,20,24H,3-4,6-7,9-12H2,1-2H3,(H,28,35)/t24-/m1/s1. The summed E-state index contributed by atoms with van der Waals surface area (Å²) >= 11 is 0. The number of nitrogens with zero attached hydrogens (tertiary/aromatic N) is 6. The number of benzene rings is 1. The Kier molecular flexibility index (Phi) is 6.11. The zero-order valence-corrected chi connectivity index (χ0v) is 21.2. The van der Waals surface area contributed by atoms with Gasteiger partial charge in [-0.25, -0.2) is 4.68 Å². The van der Waals surface area contributed by atoms with Gasteiger partial charge in [0.1, 0.15) is 6.04 Å². The van der Waals surface area contributed by atoms with E-state index in [4.69, 9.17) is 4.42 Å². The largest absolute Gasteiger partial charge is 0.459 e. The van der Waals surface area contributed by atoms with Crippen LogP contribution in [0.25, 0.3) is 10.9 Å². The van der Waals surface area contributed by atoms with Gasteiger partial charge in [-0.3, -0.25) is 14.5 Å². The maximum Gasteiger partial charge on any atom is 0.289 e. The van der Waals surface area contributed by atoms with Gasteiger partial charge < -0.3 is 14.3 Å². The molecule has 2 fully saturated rings. The predicted molar refractivity (Wildman–Crippen MR) is 137 cm³/mol. The topological polar surface area (TPSA) is 113 Å². The van der Waals surface area contributed by atoms with Crippen molar-refractivity contribution in [1.29, 1.82) is 0 Å². The van der Waals surface area contributed by atoms with Crippen LogP contribution < -0.4 is 5.56 Å². The summed E-state index contributed by atoms with van der Waals surface area (Å²) in [5.41, 5.74) is 3.60. The highest BCUT2D eigenvalue weighted by Crippen LogP contribution is 2.34. The minimum Gasteiger partial charge on any atom is -0.459 e. The average molecular weight is 502 g/mol. The zero-order valence-electron chi connectivity index (χ0n) is 21.2. The Hall–Kier alpha value is -3.79. The van der Waals surface area contributed by atoms with Crippen molar-refractivity contribution < 1.29 is 9.21 Å². The maximum atomic E-state index is 13.5. The first-order valence-electron chi connectivity index (χ1n) is 13.0. The zero-order chi connectivity index (χ0) is 25.5. The summed E-state index contributed by atoms with van der Waals surface area (Å²) in [7, 11) is 0. The molecule has 1 aromatic carbocycles. The van der Waals surface area contributed by atoms with E-state index < -0.39 is 6.04 Å². The maximum absolute atomic E-state index is 13.5. The number of carbonyl (C=O) groups is 1. The number of hydrogen-bond donors (Lipinski definition) is 1. The molecule has 2 aliphatic rings. The molecule has 1 saturated heterocycles. The molecule has 0 bridgehead atoms. The lowest BCUT2D eigenvalue weighted by molar-refractivity contribution is 0.0557. The number of furan rings is 1. The third-order valence-electron chi connectivity index (χ3n) is 7.91. The van der Waals surface area contributed by atoms with Crippen molar-refractivity contribution in [2.24, 2.45) is 0 Å². The predicted octanol–water partition coefficient (Wildman–Crippen LogP) is 3.39. The second kappa shape index (κ2) is 9.59. The summed E-state index contributed by atoms with van der Waals surface area (Å²) in [5.74, 6) is 0.907. The Labute approximate surface area is 214 Å². The van der Waals surface area contributed by atoms with Crippen LogP contribution in [0.5, 0.6) is 0 Å². The SMILES string of the molecule is Cc1cc2cc([C@H](c3nnnn3C3CCCC3)N3CCN(C(=O)c4ccco4)CC3)c(=O)[nH]c2cc1C. The van der Waals surface area contributed by atoms with Crippen LogP contribution in [0, 0.1) is 13.8 Å². The van der Waals surface area contributed by atoms with Crippen LogP contribution in [0.2, 0.25) is 0 Å². The van der Waals surface area contributed by atoms with Gasteiger partial charge in [0.2, 0.25) is 0 Å². The molecular weight excluding hydrogens is 470 g/mol. The van der Waals surface area contributed by atoms with Crippen LogP contribution in [-0.2, 0) is 0 Å². The molecule has 192 valence electrons. The quantitative estimate of drug-likeness (QED) is 0.446. The molecule has 1 saturated carbocycles. The number of amides is 1. The van der Waals surface area contributed by atoms with E-state index in [1.165, 1.54) is 11.8 Å². The lowest BCUT2D eigenvalue weighted by Crippen LogP contribution is -2.50. The average Bonchev–Trinajstić information content (AvgIpc) is 3.68. The van der Waals surface area contributed by atoms with Crippen LogP contribution in [0.15, 0.2) is 45.8 Å². The van der Waals surface area contributed by atoms with Gasteiger partial charge >= 0.3 is 0 Å². The van der Waals surface area contributed by atoms with E-state index in [0.717, 1.165) is 42.1 Å². The number of fused-ring (bicyclic) bond motifs is 1. The highest BCUT2D eigenvalue weighted by Gasteiger charge is 2.35. The molecule has 6 rings (SSSR count). The Balaban J connectivity index is 1.39. The molecule has 10 heteroatoms. The molecule has 1 atom stereocenters. The molecule has 0 radical (unpaired) electrons. The minimum absolute atomic E-state index is 0.119. The van der Waals surface area contributed by atoms with Gasteiger partial charge in [0, 0.05) is 37.3 Å². The molecule has 1 amide bonds. The second-order valence-corrected chi connectivity index (χ2v) is 10.2. The van der Waals surface area contributed by atoms with Gasteiger partial charge in [0.25, 0.3) is 11.5 Å². The molecular formula is C27H31N7O3. The number of rotatable bonds is 5. The lowest BCUT2D eigenvalue weighted by atomic mass is 10.00. The number of hydrogen-bond acceptors (Lipinski definition) is 7. The van der Waals surface area contributed by atoms with Crippen molar-refractivity contribution in [2.45, 2.75) is 51.6 Å². The normalized spacial score (nSPS) is 18.1. The van der Waals surface area contributed by atoms with Crippen LogP contribution in [0.1, 0.15) is 70.8 Å². The molecule has 4 aromatic rings. The molecule has 0 spiro atoms. The Morgan fingerprint density at radius 3 is 2.57 bits per heavy atom. The number of nitrogens with one attached hydrogen (secondary N) is 1. The smallest absolute Gasteiger partial charge is 0.289 e. The van der Waals surface area contributed by atoms with E-state index in [-0.39, 0.29) is 17.5 Å². The number of tetrazole rings is 1. The van der Waals surface area contributed by atoms with Crippen molar-refractivity contribution in [2.75, 3.05) is 26.2 Å². The van der Waals surface area contributed by atoms with Gasteiger partial charge in [-0.1, -0.05) is 12.8 Å². The van der Waals surface area contributed by atoms with Gasteiger partial charge in [-0.05, 0) is 84.0 Å². The minimum atomic E-state index is -0.425. The first-order chi connectivity index (χ1) is 18.0. The Morgan fingerprint density at radius 1 is 1.08 bits per heavy atom. The number of aryl methyl sites for hydroxylation is 2. The monoisotopic (exact) mass is 501 g/mol. The molecule has 1 aliphatic carbocycles. The van der Waals surface area contributed by atoms with Crippen molar-refractivity contribution in [3.63, 3.8) is 0 Å². The molecule has 10 nitrogen and oxygen atoms in total. The van der Waals surface area contributed by atoms with Crippen LogP contribution in [0.4, 0.5) is 0 Å². The fourth-order valence-electron chi connectivity index (χ4n) is 5.72. The van der Waals surface area contributed by atoms with E-state index in [0.29, 0.717) is 43.3 Å². The molecule has 1 aliphatic heterocycles. The number of carbonyl (C=O) groups excluding carboxylic acids is 1. The summed E-state index contributed by atoms with van der Waals surface area (Å²) in [6.07, 6.45) is 5.87. The Bertz CT molecular complexity index is 1480. The second-order valence-electron chi connectivity index (χ2n) is 10.2. The van der Waals surface area contributed by atoms with E-state index in [2.05, 4.69) is 38.4 Å². The van der Waals surface area contributed by atoms with Crippen molar-refractivity contribution in [3.8, 4) is 0 Å². The molecule has 0 unspecified atom stereocenters. The highest BCUT2D eigenvalue weighted by molar-refractivity contribution is 5.91. The molecule has 37 heavy (non-hydrogen) atoms. The van der Waals surface area contributed by atoms with Crippen molar-refractivity contribution in [3.05, 3.63) is 75.2 Å². The number of aromatic nitrogens is 5. The van der Waals surface area contributed by atoms with Gasteiger partial charge in [-0.2, -0.15) is 0 Å². The summed E-state index contributed by atoms with van der Waals surface area (Å²) < 4.78 is 7.25. The molecule has 1 N–H and O–H groups in total. The number of pyridine rings is 1. The van der Waals surface area contributed by atoms with Gasteiger partial charge in [-0.15, -0.1) is 5.10 Å². The van der Waals surface area contributed by atoms with Crippen LogP contribution >= 0.6 is 0 Å². The summed E-state index contributed by atoms with van der Waals surface area (Å²) in [4.78, 5) is 33.5. The third-order valence-corrected chi connectivity index (χ3v) is 7.91. The first kappa shape index (κ1) is 23.6. The summed E-state index contributed by atoms with van der Waals surface area (Å²) in [5, 5.41) is 13.9. The first-order valence-corrected chi connectivity index (χ1v) is 13.0. The van der Waals surface area contributed by atoms with Gasteiger partial charge in [0.15, 0.2) is 11.6 Å². The van der Waals surface area contributed by atoms with E-state index in [9.17, 15) is 9.59 Å². The Morgan fingerprint density at radius 2 is 1.84 bits per heavy atom. The van der Waals surface area contributed by atoms with Crippen molar-refractivity contribution >= 4 is 16.8 Å². The van der Waals surface area contributed by atoms with E-state index >= 15 is 0 Å². The van der Waals surface area contributed by atoms with Crippen molar-refractivity contribution in [1.82, 2.24) is 35.0 Å². The summed E-state index contributed by atoms with van der Waals surface area (Å²) in [6, 6.07) is 9.33. The van der Waals surface area contributed by atoms with E-state index in [1.54, 1.807) is 17.0 Å². The van der Waals surface area contributed by atoms with Gasteiger partial charge in [0.05, 0.1) is 12.3 Å². The number of piperazine rings is 1. The fourth-order valence-corrected chi connectivity index (χ4v) is 5.72. The van der Waals surface area contributed by atoms with Crippen LogP contribution in [0.3, 0.4) is 0 Å². The fraction of sp³-hybridized carbons (Fsp3) is 0.444. The highest BCUT2D eigenvalue weighted by atomic mass is 16.3. The summed E-state index contributed by atoms with van der Waals surface area (Å²) in [6.45, 7) is 6.32. The third kappa shape index (κ3) is 4.35. The van der Waals surface area contributed by atoms with Crippen LogP contribution in [-0.4, -0.2) is 67.1 Å². The lowest BCUT2D eigenvalue weighted by Gasteiger charge is -2.38. The molecule has 3 aromatic heterocycles. The number of H-pyrrole nitrogens is 1. The molecule has 4 heterocycles. The van der Waals surface area contributed by atoms with E-state index in [1.807, 2.05) is 23.7 Å².